The summed E-state index contributed by atoms with van der Waals surface area (Å²) in [5.74, 6) is -0.717. The van der Waals surface area contributed by atoms with E-state index in [1.54, 1.807) is 36.4 Å². The van der Waals surface area contributed by atoms with Crippen molar-refractivity contribution >= 4 is 23.0 Å². The van der Waals surface area contributed by atoms with Gasteiger partial charge in [0.1, 0.15) is 5.82 Å². The molecule has 3 aromatic rings. The number of rotatable bonds is 7. The summed E-state index contributed by atoms with van der Waals surface area (Å²) >= 11 is 0. The Morgan fingerprint density at radius 3 is 2.36 bits per heavy atom. The van der Waals surface area contributed by atoms with Crippen LogP contribution in [0.3, 0.4) is 0 Å². The zero-order valence-electron chi connectivity index (χ0n) is 20.0. The van der Waals surface area contributed by atoms with Gasteiger partial charge in [0.05, 0.1) is 25.0 Å². The van der Waals surface area contributed by atoms with Gasteiger partial charge in [0.2, 0.25) is 0 Å². The molecule has 4 N–H and O–H groups in total. The molecule has 36 heavy (non-hydrogen) atoms. The number of hydrogen-bond acceptors (Lipinski definition) is 6. The summed E-state index contributed by atoms with van der Waals surface area (Å²) in [5, 5.41) is 11.5. The molecule has 7 nitrogen and oxygen atoms in total. The van der Waals surface area contributed by atoms with Crippen LogP contribution in [0.1, 0.15) is 27.0 Å². The van der Waals surface area contributed by atoms with Gasteiger partial charge in [0.25, 0.3) is 5.91 Å². The van der Waals surface area contributed by atoms with Gasteiger partial charge in [-0.15, -0.1) is 0 Å². The Hall–Kier alpha value is -3.75. The van der Waals surface area contributed by atoms with E-state index in [0.717, 1.165) is 50.6 Å². The highest BCUT2D eigenvalue weighted by Crippen LogP contribution is 2.23. The van der Waals surface area contributed by atoms with Gasteiger partial charge in [-0.3, -0.25) is 15.1 Å². The largest absolute Gasteiger partial charge is 0.398 e. The maximum atomic E-state index is 13.9. The van der Waals surface area contributed by atoms with Gasteiger partial charge < -0.3 is 20.7 Å². The third-order valence-corrected chi connectivity index (χ3v) is 6.95. The molecule has 0 aromatic heterocycles. The Balaban J connectivity index is 1.24. The van der Waals surface area contributed by atoms with Crippen LogP contribution in [0.15, 0.2) is 66.7 Å². The van der Waals surface area contributed by atoms with Crippen molar-refractivity contribution in [3.63, 3.8) is 0 Å². The molecule has 1 amide bonds. The number of carbonyl (C=O) groups excluding carboxylic acids is 1. The van der Waals surface area contributed by atoms with E-state index >= 15 is 0 Å². The quantitative estimate of drug-likeness (QED) is 0.351. The van der Waals surface area contributed by atoms with Gasteiger partial charge in [0.15, 0.2) is 0 Å². The average Bonchev–Trinajstić information content (AvgIpc) is 2.87. The molecular formula is C28H30FN5O2. The second-order valence-electron chi connectivity index (χ2n) is 9.21. The molecule has 2 heterocycles. The lowest BCUT2D eigenvalue weighted by Gasteiger charge is -2.43. The topological polar surface area (TPSA) is 94.7 Å². The van der Waals surface area contributed by atoms with E-state index in [1.165, 1.54) is 6.07 Å². The van der Waals surface area contributed by atoms with Gasteiger partial charge in [-0.1, -0.05) is 30.3 Å². The molecule has 5 rings (SSSR count). The molecule has 2 saturated heterocycles. The second-order valence-corrected chi connectivity index (χ2v) is 9.21. The summed E-state index contributed by atoms with van der Waals surface area (Å²) in [6.45, 7) is 5.73. The van der Waals surface area contributed by atoms with E-state index in [9.17, 15) is 9.18 Å². The van der Waals surface area contributed by atoms with Crippen molar-refractivity contribution in [1.82, 2.24) is 10.2 Å². The molecule has 0 radical (unpaired) electrons. The van der Waals surface area contributed by atoms with Crippen LogP contribution in [0.2, 0.25) is 0 Å². The molecule has 0 saturated carbocycles. The van der Waals surface area contributed by atoms with Crippen LogP contribution >= 0.6 is 0 Å². The van der Waals surface area contributed by atoms with Gasteiger partial charge >= 0.3 is 0 Å². The minimum atomic E-state index is -0.365. The van der Waals surface area contributed by atoms with Gasteiger partial charge in [-0.2, -0.15) is 0 Å². The van der Waals surface area contributed by atoms with Crippen molar-refractivity contribution in [2.45, 2.75) is 12.6 Å². The number of nitrogen functional groups attached to an aromatic ring is 1. The SMILES string of the molecule is N=C(c1ccc(N2CCN(C3COC3)CC2)cc1)c1cc(C(=O)NCc2ccccc2F)ccc1N. The number of ether oxygens (including phenoxy) is 1. The molecule has 3 aromatic carbocycles. The highest BCUT2D eigenvalue weighted by molar-refractivity contribution is 6.15. The van der Waals surface area contributed by atoms with Gasteiger partial charge in [-0.05, 0) is 36.4 Å². The molecule has 186 valence electrons. The maximum absolute atomic E-state index is 13.9. The van der Waals surface area contributed by atoms with Crippen molar-refractivity contribution in [1.29, 1.82) is 5.41 Å². The van der Waals surface area contributed by atoms with E-state index < -0.39 is 0 Å². The van der Waals surface area contributed by atoms with E-state index in [1.807, 2.05) is 24.3 Å². The Bertz CT molecular complexity index is 1250. The molecule has 0 spiro atoms. The Kier molecular flexibility index (Phi) is 6.97. The molecule has 8 heteroatoms. The lowest BCUT2D eigenvalue weighted by molar-refractivity contribution is -0.0660. The number of anilines is 2. The normalized spacial score (nSPS) is 16.4. The highest BCUT2D eigenvalue weighted by Gasteiger charge is 2.28. The first kappa shape index (κ1) is 24.0. The fourth-order valence-electron chi connectivity index (χ4n) is 4.61. The first-order valence-corrected chi connectivity index (χ1v) is 12.2. The third kappa shape index (κ3) is 5.10. The summed E-state index contributed by atoms with van der Waals surface area (Å²) in [7, 11) is 0. The van der Waals surface area contributed by atoms with Crippen LogP contribution in [0, 0.1) is 11.2 Å². The summed E-state index contributed by atoms with van der Waals surface area (Å²) in [6.07, 6.45) is 0. The summed E-state index contributed by atoms with van der Waals surface area (Å²) in [4.78, 5) is 17.6. The first-order chi connectivity index (χ1) is 17.5. The van der Waals surface area contributed by atoms with Gasteiger partial charge in [0, 0.05) is 66.4 Å². The van der Waals surface area contributed by atoms with E-state index in [0.29, 0.717) is 28.4 Å². The predicted octanol–water partition coefficient (Wildman–Crippen LogP) is 3.27. The molecule has 0 atom stereocenters. The number of nitrogens with one attached hydrogen (secondary N) is 2. The van der Waals surface area contributed by atoms with Crippen LogP contribution < -0.4 is 16.0 Å². The average molecular weight is 488 g/mol. The van der Waals surface area contributed by atoms with Crippen molar-refractivity contribution < 1.29 is 13.9 Å². The minimum absolute atomic E-state index is 0.0762. The van der Waals surface area contributed by atoms with Crippen LogP contribution in [0.25, 0.3) is 0 Å². The smallest absolute Gasteiger partial charge is 0.251 e. The van der Waals surface area contributed by atoms with Crippen LogP contribution in [-0.4, -0.2) is 62.0 Å². The van der Waals surface area contributed by atoms with E-state index in [-0.39, 0.29) is 24.0 Å². The zero-order valence-corrected chi connectivity index (χ0v) is 20.0. The number of halogens is 1. The highest BCUT2D eigenvalue weighted by atomic mass is 19.1. The molecule has 2 aliphatic rings. The number of amides is 1. The van der Waals surface area contributed by atoms with Crippen LogP contribution in [0.4, 0.5) is 15.8 Å². The number of carbonyl (C=O) groups is 1. The predicted molar refractivity (Wildman–Crippen MR) is 139 cm³/mol. The molecule has 0 aliphatic carbocycles. The lowest BCUT2D eigenvalue weighted by Crippen LogP contribution is -2.56. The fraction of sp³-hybridized carbons (Fsp3) is 0.286. The summed E-state index contributed by atoms with van der Waals surface area (Å²) in [5.41, 5.74) is 9.95. The van der Waals surface area contributed by atoms with Gasteiger partial charge in [-0.25, -0.2) is 4.39 Å². The molecule has 2 aliphatic heterocycles. The van der Waals surface area contributed by atoms with Crippen molar-refractivity contribution in [2.24, 2.45) is 0 Å². The van der Waals surface area contributed by atoms with Crippen molar-refractivity contribution in [3.05, 3.63) is 94.8 Å². The maximum Gasteiger partial charge on any atom is 0.251 e. The summed E-state index contributed by atoms with van der Waals surface area (Å²) in [6, 6.07) is 19.7. The monoisotopic (exact) mass is 487 g/mol. The van der Waals surface area contributed by atoms with Crippen LogP contribution in [-0.2, 0) is 11.3 Å². The molecule has 0 bridgehead atoms. The molecular weight excluding hydrogens is 457 g/mol. The number of hydrogen-bond donors (Lipinski definition) is 3. The second kappa shape index (κ2) is 10.5. The van der Waals surface area contributed by atoms with E-state index in [2.05, 4.69) is 15.1 Å². The lowest BCUT2D eigenvalue weighted by atomic mass is 9.98. The summed E-state index contributed by atoms with van der Waals surface area (Å²) < 4.78 is 19.2. The van der Waals surface area contributed by atoms with Crippen LogP contribution in [0.5, 0.6) is 0 Å². The Morgan fingerprint density at radius 2 is 1.69 bits per heavy atom. The van der Waals surface area contributed by atoms with E-state index in [4.69, 9.17) is 15.9 Å². The molecule has 0 unspecified atom stereocenters. The Labute approximate surface area is 210 Å². The number of benzene rings is 3. The standard InChI is InChI=1S/C28H30FN5O2/c29-25-4-2-1-3-21(25)16-32-28(35)20-7-10-26(30)24(15-20)27(31)19-5-8-22(9-6-19)33-11-13-34(14-12-33)23-17-36-18-23/h1-10,15,23,31H,11-14,16-18,30H2,(H,32,35). The first-order valence-electron chi connectivity index (χ1n) is 12.2. The minimum Gasteiger partial charge on any atom is -0.398 e. The molecule has 2 fully saturated rings. The number of nitrogens with zero attached hydrogens (tertiary/aromatic N) is 2. The van der Waals surface area contributed by atoms with Crippen molar-refractivity contribution in [2.75, 3.05) is 50.0 Å². The number of nitrogens with two attached hydrogens (primary N) is 1. The van der Waals surface area contributed by atoms with Crippen molar-refractivity contribution in [3.8, 4) is 0 Å². The number of piperazine rings is 1. The third-order valence-electron chi connectivity index (χ3n) is 6.95. The Morgan fingerprint density at radius 1 is 1.00 bits per heavy atom. The fourth-order valence-corrected chi connectivity index (χ4v) is 4.61. The zero-order chi connectivity index (χ0) is 25.1.